The van der Waals surface area contributed by atoms with Crippen LogP contribution >= 0.6 is 0 Å². The van der Waals surface area contributed by atoms with Gasteiger partial charge in [0.2, 0.25) is 0 Å². The number of rotatable bonds is 34. The molecular weight excluding hydrogens is 1060 g/mol. The van der Waals surface area contributed by atoms with E-state index in [4.69, 9.17) is 10.5 Å². The van der Waals surface area contributed by atoms with Crippen molar-refractivity contribution in [1.29, 1.82) is 0 Å². The van der Waals surface area contributed by atoms with Crippen LogP contribution in [0.15, 0.2) is 92.5 Å². The van der Waals surface area contributed by atoms with Crippen LogP contribution < -0.4 is 49.2 Å². The highest BCUT2D eigenvalue weighted by Gasteiger charge is 2.24. The van der Waals surface area contributed by atoms with Gasteiger partial charge < -0.3 is 85.8 Å². The van der Waals surface area contributed by atoms with E-state index in [1.54, 1.807) is 12.1 Å². The second-order valence-electron chi connectivity index (χ2n) is 18.9. The number of hydrogen-bond acceptors (Lipinski definition) is 19. The van der Waals surface area contributed by atoms with Gasteiger partial charge in [-0.05, 0) is 60.7 Å². The molecule has 1 atom stereocenters. The van der Waals surface area contributed by atoms with Crippen molar-refractivity contribution in [2.75, 3.05) is 104 Å². The topological polar surface area (TPSA) is 388 Å². The Labute approximate surface area is 465 Å². The van der Waals surface area contributed by atoms with Crippen molar-refractivity contribution in [2.45, 2.75) is 52.4 Å². The molecule has 1 aromatic carbocycles. The summed E-state index contributed by atoms with van der Waals surface area (Å²) in [5.74, 6) is -6.67. The van der Waals surface area contributed by atoms with Crippen molar-refractivity contribution < 1.29 is 59.7 Å². The quantitative estimate of drug-likeness (QED) is 0.0157. The number of carbonyl (C=O) groups is 4. The molecule has 0 fully saturated rings. The predicted molar refractivity (Wildman–Crippen MR) is 297 cm³/mol. The largest absolute Gasteiger partial charge is 0.502 e. The van der Waals surface area contributed by atoms with Crippen molar-refractivity contribution in [3.63, 3.8) is 0 Å². The van der Waals surface area contributed by atoms with Crippen LogP contribution in [0.3, 0.4) is 0 Å². The summed E-state index contributed by atoms with van der Waals surface area (Å²) in [5, 5.41) is 81.5. The van der Waals surface area contributed by atoms with E-state index in [0.29, 0.717) is 18.7 Å². The molecule has 1 unspecified atom stereocenters. The summed E-state index contributed by atoms with van der Waals surface area (Å²) in [6, 6.07) is 12.1. The van der Waals surface area contributed by atoms with Crippen LogP contribution in [0.1, 0.15) is 66.8 Å². The summed E-state index contributed by atoms with van der Waals surface area (Å²) in [7, 11) is 0. The molecule has 0 saturated carbocycles. The highest BCUT2D eigenvalue weighted by Crippen LogP contribution is 2.18. The lowest BCUT2D eigenvalue weighted by molar-refractivity contribution is 0.0931. The molecule has 27 nitrogen and oxygen atoms in total. The number of nitrogens with one attached hydrogen (secondary N) is 4. The molecule has 0 aliphatic rings. The van der Waals surface area contributed by atoms with Gasteiger partial charge in [-0.25, -0.2) is 0 Å². The summed E-state index contributed by atoms with van der Waals surface area (Å²) in [6.07, 6.45) is 7.33. The third-order valence-corrected chi connectivity index (χ3v) is 13.1. The Balaban J connectivity index is 1.42. The zero-order chi connectivity index (χ0) is 59.0. The minimum Gasteiger partial charge on any atom is -0.502 e. The van der Waals surface area contributed by atoms with Crippen molar-refractivity contribution in [3.8, 4) is 23.0 Å². The normalized spacial score (nSPS) is 11.7. The number of anilines is 1. The number of amides is 4. The van der Waals surface area contributed by atoms with Crippen molar-refractivity contribution >= 4 is 29.3 Å². The van der Waals surface area contributed by atoms with Crippen LogP contribution in [0.4, 0.5) is 5.69 Å². The minimum atomic E-state index is -0.885. The van der Waals surface area contributed by atoms with Crippen LogP contribution in [0.25, 0.3) is 0 Å². The Morgan fingerprint density at radius 2 is 0.827 bits per heavy atom. The Morgan fingerprint density at radius 1 is 0.506 bits per heavy atom. The standard InChI is InChI=1S/C54H73N11O16/c1-2-3-31-81-32-27-65-19-11-42(46(72)54(65)80)50(76)59-15-23-61(22-14-58-49(75)41-10-18-64(26-30-68)53(79)45(41)71)35-37(33-36-4-6-38(55)7-5-36)34-60(20-12-56-47(73)39-8-16-62(24-28-66)51(77)43(39)69)21-13-57-48(74)40-9-17-63(25-29-67)52(78)44(40)70/h4-11,16-19,37,66-72H,2-3,12-15,20-35,55H2,1H3,(H,56,73)(H,57,74)(H,58,75)(H,59,76). The first-order valence-corrected chi connectivity index (χ1v) is 26.4. The highest BCUT2D eigenvalue weighted by atomic mass is 16.5. The van der Waals surface area contributed by atoms with Gasteiger partial charge in [0, 0.05) is 129 Å². The molecule has 27 heteroatoms. The number of ether oxygens (including phenoxy) is 1. The van der Waals surface area contributed by atoms with E-state index >= 15 is 0 Å². The molecule has 13 N–H and O–H groups in total. The number of nitrogens with zero attached hydrogens (tertiary/aromatic N) is 6. The lowest BCUT2D eigenvalue weighted by Gasteiger charge is -2.32. The number of aliphatic hydroxyl groups excluding tert-OH is 3. The van der Waals surface area contributed by atoms with E-state index in [0.717, 1.165) is 32.1 Å². The number of pyridine rings is 4. The van der Waals surface area contributed by atoms with Crippen LogP contribution in [-0.2, 0) is 37.3 Å². The molecule has 81 heavy (non-hydrogen) atoms. The predicted octanol–water partition coefficient (Wildman–Crippen LogP) is -1.99. The van der Waals surface area contributed by atoms with Crippen molar-refractivity contribution in [1.82, 2.24) is 49.3 Å². The zero-order valence-electron chi connectivity index (χ0n) is 45.1. The van der Waals surface area contributed by atoms with Crippen molar-refractivity contribution in [3.05, 3.63) is 143 Å². The number of benzene rings is 1. The molecule has 0 saturated heterocycles. The second-order valence-corrected chi connectivity index (χ2v) is 18.9. The van der Waals surface area contributed by atoms with Gasteiger partial charge >= 0.3 is 0 Å². The molecule has 0 aliphatic heterocycles. The fourth-order valence-electron chi connectivity index (χ4n) is 8.71. The number of hydrogen-bond donors (Lipinski definition) is 12. The van der Waals surface area contributed by atoms with Gasteiger partial charge in [-0.3, -0.25) is 48.2 Å². The fraction of sp³-hybridized carbons (Fsp3) is 0.444. The number of nitrogen functional groups attached to an aromatic ring is 1. The number of aromatic nitrogens is 4. The van der Waals surface area contributed by atoms with Gasteiger partial charge in [-0.15, -0.1) is 0 Å². The van der Waals surface area contributed by atoms with E-state index in [-0.39, 0.29) is 146 Å². The maximum absolute atomic E-state index is 13.6. The lowest BCUT2D eigenvalue weighted by Crippen LogP contribution is -2.46. The number of aromatic hydroxyl groups is 4. The Kier molecular flexibility index (Phi) is 25.1. The number of aliphatic hydroxyl groups is 3. The van der Waals surface area contributed by atoms with Crippen molar-refractivity contribution in [2.24, 2.45) is 5.92 Å². The molecule has 0 aliphatic carbocycles. The molecule has 4 heterocycles. The van der Waals surface area contributed by atoms with Gasteiger partial charge in [-0.1, -0.05) is 25.5 Å². The molecule has 0 bridgehead atoms. The number of nitrogens with two attached hydrogens (primary N) is 1. The molecule has 5 rings (SSSR count). The van der Waals surface area contributed by atoms with Gasteiger partial charge in [0.15, 0.2) is 23.0 Å². The van der Waals surface area contributed by atoms with Gasteiger partial charge in [0.05, 0.1) is 48.7 Å². The van der Waals surface area contributed by atoms with Gasteiger partial charge in [0.1, 0.15) is 0 Å². The molecular formula is C54H73N11O16. The molecule has 0 spiro atoms. The van der Waals surface area contributed by atoms with Gasteiger partial charge in [0.25, 0.3) is 45.9 Å². The Hall–Kier alpha value is -8.34. The van der Waals surface area contributed by atoms with Crippen LogP contribution in [-0.4, -0.2) is 186 Å². The number of unbranched alkanes of at least 4 members (excludes halogenated alkanes) is 1. The van der Waals surface area contributed by atoms with Crippen LogP contribution in [0, 0.1) is 5.92 Å². The lowest BCUT2D eigenvalue weighted by atomic mass is 9.97. The second kappa shape index (κ2) is 32.0. The Bertz CT molecular complexity index is 3070. The van der Waals surface area contributed by atoms with E-state index < -0.39 is 68.9 Å². The summed E-state index contributed by atoms with van der Waals surface area (Å²) in [5.41, 5.74) is 2.77. The van der Waals surface area contributed by atoms with E-state index in [9.17, 15) is 74.1 Å². The molecule has 5 aromatic rings. The monoisotopic (exact) mass is 1130 g/mol. The molecule has 4 aromatic heterocycles. The average molecular weight is 1130 g/mol. The average Bonchev–Trinajstić information content (AvgIpc) is 3.44. The van der Waals surface area contributed by atoms with E-state index in [2.05, 4.69) is 21.3 Å². The summed E-state index contributed by atoms with van der Waals surface area (Å²) < 4.78 is 9.91. The van der Waals surface area contributed by atoms with Crippen LogP contribution in [0.5, 0.6) is 23.0 Å². The minimum absolute atomic E-state index is 0.0460. The first kappa shape index (κ1) is 63.5. The summed E-state index contributed by atoms with van der Waals surface area (Å²) in [4.78, 5) is 109. The first-order valence-electron chi connectivity index (χ1n) is 26.4. The summed E-state index contributed by atoms with van der Waals surface area (Å²) >= 11 is 0. The Morgan fingerprint density at radius 3 is 1.14 bits per heavy atom. The molecule has 440 valence electrons. The summed E-state index contributed by atoms with van der Waals surface area (Å²) in [6.45, 7) is 2.03. The number of carbonyl (C=O) groups excluding carboxylic acids is 4. The zero-order valence-corrected chi connectivity index (χ0v) is 45.1. The maximum Gasteiger partial charge on any atom is 0.293 e. The van der Waals surface area contributed by atoms with Crippen LogP contribution in [0.2, 0.25) is 0 Å². The smallest absolute Gasteiger partial charge is 0.293 e. The highest BCUT2D eigenvalue weighted by molar-refractivity contribution is 5.98. The maximum atomic E-state index is 13.6. The van der Waals surface area contributed by atoms with Gasteiger partial charge in [-0.2, -0.15) is 0 Å². The van der Waals surface area contributed by atoms with E-state index in [1.165, 1.54) is 53.6 Å². The third-order valence-electron chi connectivity index (χ3n) is 13.1. The third kappa shape index (κ3) is 18.3. The molecule has 0 radical (unpaired) electrons. The SMILES string of the molecule is CCCCOCCn1ccc(C(=O)NCCN(CCNC(=O)c2ccn(CCO)c(=O)c2O)CC(Cc2ccc(N)cc2)CN(CCNC(=O)c2ccn(CCO)c(=O)c2O)CCNC(=O)c2ccn(CCO)c(=O)c2O)c(O)c1=O. The van der Waals surface area contributed by atoms with E-state index in [1.807, 2.05) is 28.9 Å². The first-order chi connectivity index (χ1) is 38.9. The fourth-order valence-corrected chi connectivity index (χ4v) is 8.71. The molecule has 4 amide bonds.